The van der Waals surface area contributed by atoms with Gasteiger partial charge in [-0.15, -0.1) is 0 Å². The standard InChI is InChI=1S/C24H28N2O3/c1-16-10-12-24(13-11-16)26-20(18-6-4-5-7-21(18)29-24)15-19(25-26)17-8-9-22(27-2)23(14-17)28-3/h4-9,14,16,20H,10-13,15H2,1-3H3/t16?,20-,24?/m1/s1. The van der Waals surface area contributed by atoms with Crippen LogP contribution in [0, 0.1) is 5.92 Å². The molecule has 5 heteroatoms. The predicted molar refractivity (Wildman–Crippen MR) is 113 cm³/mol. The number of fused-ring (bicyclic) bond motifs is 4. The number of ether oxygens (including phenoxy) is 3. The predicted octanol–water partition coefficient (Wildman–Crippen LogP) is 5.15. The molecule has 0 aromatic heterocycles. The SMILES string of the molecule is COc1ccc(C2=NN3[C@H](C2)c2ccccc2OC32CCC(C)CC2)cc1OC. The Morgan fingerprint density at radius 3 is 2.55 bits per heavy atom. The van der Waals surface area contributed by atoms with Crippen molar-refractivity contribution >= 4 is 5.71 Å². The van der Waals surface area contributed by atoms with Crippen molar-refractivity contribution in [3.05, 3.63) is 53.6 Å². The first-order valence-electron chi connectivity index (χ1n) is 10.5. The third kappa shape index (κ3) is 2.95. The van der Waals surface area contributed by atoms with E-state index in [4.69, 9.17) is 19.3 Å². The summed E-state index contributed by atoms with van der Waals surface area (Å²) in [4.78, 5) is 0. The van der Waals surface area contributed by atoms with Crippen molar-refractivity contribution in [2.24, 2.45) is 11.0 Å². The quantitative estimate of drug-likeness (QED) is 0.724. The number of nitrogens with zero attached hydrogens (tertiary/aromatic N) is 2. The molecule has 1 atom stereocenters. The molecule has 29 heavy (non-hydrogen) atoms. The molecular weight excluding hydrogens is 364 g/mol. The molecule has 0 unspecified atom stereocenters. The average molecular weight is 392 g/mol. The Kier molecular flexibility index (Phi) is 4.41. The van der Waals surface area contributed by atoms with Gasteiger partial charge < -0.3 is 14.2 Å². The van der Waals surface area contributed by atoms with Crippen molar-refractivity contribution in [1.29, 1.82) is 0 Å². The molecule has 5 rings (SSSR count). The third-order valence-corrected chi connectivity index (χ3v) is 6.68. The Balaban J connectivity index is 1.56. The molecule has 1 saturated carbocycles. The molecular formula is C24H28N2O3. The van der Waals surface area contributed by atoms with E-state index in [-0.39, 0.29) is 11.8 Å². The largest absolute Gasteiger partial charge is 0.493 e. The zero-order chi connectivity index (χ0) is 20.0. The van der Waals surface area contributed by atoms with Gasteiger partial charge in [-0.05, 0) is 43.0 Å². The lowest BCUT2D eigenvalue weighted by atomic mass is 9.82. The van der Waals surface area contributed by atoms with Gasteiger partial charge in [0, 0.05) is 30.4 Å². The van der Waals surface area contributed by atoms with Gasteiger partial charge in [-0.2, -0.15) is 5.10 Å². The zero-order valence-corrected chi connectivity index (χ0v) is 17.4. The van der Waals surface area contributed by atoms with Crippen molar-refractivity contribution < 1.29 is 14.2 Å². The lowest BCUT2D eigenvalue weighted by Gasteiger charge is -2.50. The van der Waals surface area contributed by atoms with Gasteiger partial charge in [0.25, 0.3) is 0 Å². The van der Waals surface area contributed by atoms with Gasteiger partial charge in [0.1, 0.15) is 5.75 Å². The van der Waals surface area contributed by atoms with E-state index in [9.17, 15) is 0 Å². The molecule has 2 heterocycles. The second kappa shape index (κ2) is 6.97. The van der Waals surface area contributed by atoms with Crippen LogP contribution in [0.1, 0.15) is 56.2 Å². The summed E-state index contributed by atoms with van der Waals surface area (Å²) >= 11 is 0. The molecule has 1 aliphatic carbocycles. The molecule has 0 radical (unpaired) electrons. The molecule has 2 aliphatic heterocycles. The number of methoxy groups -OCH3 is 2. The van der Waals surface area contributed by atoms with Crippen LogP contribution < -0.4 is 14.2 Å². The second-order valence-electron chi connectivity index (χ2n) is 8.45. The van der Waals surface area contributed by atoms with E-state index < -0.39 is 0 Å². The van der Waals surface area contributed by atoms with Crippen LogP contribution in [0.3, 0.4) is 0 Å². The first-order chi connectivity index (χ1) is 14.1. The number of hydrazone groups is 1. The van der Waals surface area contributed by atoms with E-state index in [1.165, 1.54) is 18.4 Å². The van der Waals surface area contributed by atoms with Crippen LogP contribution >= 0.6 is 0 Å². The monoisotopic (exact) mass is 392 g/mol. The zero-order valence-electron chi connectivity index (χ0n) is 17.4. The Bertz CT molecular complexity index is 947. The number of para-hydroxylation sites is 1. The van der Waals surface area contributed by atoms with Gasteiger partial charge in [-0.1, -0.05) is 25.1 Å². The summed E-state index contributed by atoms with van der Waals surface area (Å²) in [7, 11) is 3.33. The fourth-order valence-electron chi connectivity index (χ4n) is 4.96. The Morgan fingerprint density at radius 1 is 1.03 bits per heavy atom. The van der Waals surface area contributed by atoms with Crippen molar-refractivity contribution in [3.8, 4) is 17.2 Å². The summed E-state index contributed by atoms with van der Waals surface area (Å²) < 4.78 is 17.6. The Hall–Kier alpha value is -2.69. The maximum Gasteiger partial charge on any atom is 0.198 e. The summed E-state index contributed by atoms with van der Waals surface area (Å²) in [6, 6.07) is 14.7. The molecule has 0 amide bonds. The highest BCUT2D eigenvalue weighted by Gasteiger charge is 2.51. The Labute approximate surface area is 172 Å². The summed E-state index contributed by atoms with van der Waals surface area (Å²) in [5, 5.41) is 7.41. The number of hydrogen-bond donors (Lipinski definition) is 0. The molecule has 2 aromatic rings. The van der Waals surface area contributed by atoms with Crippen LogP contribution in [0.4, 0.5) is 0 Å². The summed E-state index contributed by atoms with van der Waals surface area (Å²) in [5.41, 5.74) is 3.06. The van der Waals surface area contributed by atoms with Gasteiger partial charge >= 0.3 is 0 Å². The van der Waals surface area contributed by atoms with Crippen LogP contribution in [0.25, 0.3) is 0 Å². The second-order valence-corrected chi connectivity index (χ2v) is 8.45. The smallest absolute Gasteiger partial charge is 0.198 e. The van der Waals surface area contributed by atoms with Crippen LogP contribution in [0.15, 0.2) is 47.6 Å². The number of hydrogen-bond acceptors (Lipinski definition) is 5. The molecule has 5 nitrogen and oxygen atoms in total. The van der Waals surface area contributed by atoms with Gasteiger partial charge in [-0.3, -0.25) is 0 Å². The minimum absolute atomic E-state index is 0.219. The lowest BCUT2D eigenvalue weighted by Crippen LogP contribution is -2.55. The van der Waals surface area contributed by atoms with Gasteiger partial charge in [-0.25, -0.2) is 5.01 Å². The molecule has 0 bridgehead atoms. The van der Waals surface area contributed by atoms with E-state index >= 15 is 0 Å². The van der Waals surface area contributed by atoms with Crippen LogP contribution in [-0.2, 0) is 0 Å². The molecule has 1 fully saturated rings. The maximum absolute atomic E-state index is 6.66. The van der Waals surface area contributed by atoms with E-state index in [0.29, 0.717) is 0 Å². The highest BCUT2D eigenvalue weighted by molar-refractivity contribution is 6.02. The van der Waals surface area contributed by atoms with E-state index in [0.717, 1.165) is 53.7 Å². The van der Waals surface area contributed by atoms with Crippen LogP contribution in [-0.4, -0.2) is 30.7 Å². The van der Waals surface area contributed by atoms with E-state index in [2.05, 4.69) is 42.3 Å². The third-order valence-electron chi connectivity index (χ3n) is 6.68. The molecule has 0 N–H and O–H groups in total. The van der Waals surface area contributed by atoms with Gasteiger partial charge in [0.15, 0.2) is 17.2 Å². The van der Waals surface area contributed by atoms with Crippen molar-refractivity contribution in [1.82, 2.24) is 5.01 Å². The lowest BCUT2D eigenvalue weighted by molar-refractivity contribution is -0.145. The summed E-state index contributed by atoms with van der Waals surface area (Å²) in [5.74, 6) is 3.23. The minimum atomic E-state index is -0.330. The van der Waals surface area contributed by atoms with Crippen LogP contribution in [0.2, 0.25) is 0 Å². The molecule has 3 aliphatic rings. The van der Waals surface area contributed by atoms with E-state index in [1.54, 1.807) is 14.2 Å². The highest BCUT2D eigenvalue weighted by atomic mass is 16.5. The molecule has 1 spiro atoms. The highest BCUT2D eigenvalue weighted by Crippen LogP contribution is 2.51. The Morgan fingerprint density at radius 2 is 1.79 bits per heavy atom. The maximum atomic E-state index is 6.66. The fourth-order valence-corrected chi connectivity index (χ4v) is 4.96. The van der Waals surface area contributed by atoms with Crippen molar-refractivity contribution in [2.45, 2.75) is 50.8 Å². The van der Waals surface area contributed by atoms with Gasteiger partial charge in [0.2, 0.25) is 0 Å². The first kappa shape index (κ1) is 18.3. The van der Waals surface area contributed by atoms with Crippen LogP contribution in [0.5, 0.6) is 17.2 Å². The number of rotatable bonds is 3. The first-order valence-corrected chi connectivity index (χ1v) is 10.5. The summed E-state index contributed by atoms with van der Waals surface area (Å²) in [6.07, 6.45) is 5.25. The average Bonchev–Trinajstić information content (AvgIpc) is 3.22. The fraction of sp³-hybridized carbons (Fsp3) is 0.458. The molecule has 2 aromatic carbocycles. The minimum Gasteiger partial charge on any atom is -0.493 e. The summed E-state index contributed by atoms with van der Waals surface area (Å²) in [6.45, 7) is 2.34. The topological polar surface area (TPSA) is 43.3 Å². The van der Waals surface area contributed by atoms with Gasteiger partial charge in [0.05, 0.1) is 26.0 Å². The number of benzene rings is 2. The van der Waals surface area contributed by atoms with Crippen molar-refractivity contribution in [2.75, 3.05) is 14.2 Å². The molecule has 152 valence electrons. The van der Waals surface area contributed by atoms with Crippen molar-refractivity contribution in [3.63, 3.8) is 0 Å². The molecule has 0 saturated heterocycles. The van der Waals surface area contributed by atoms with E-state index in [1.807, 2.05) is 12.1 Å². The normalized spacial score (nSPS) is 27.7.